The van der Waals surface area contributed by atoms with E-state index in [1.54, 1.807) is 19.2 Å². The lowest BCUT2D eigenvalue weighted by Gasteiger charge is -2.16. The van der Waals surface area contributed by atoms with E-state index in [4.69, 9.17) is 14.2 Å². The molecule has 0 aliphatic rings. The van der Waals surface area contributed by atoms with Gasteiger partial charge in [0.1, 0.15) is 12.4 Å². The molecule has 1 unspecified atom stereocenters. The number of hydrogen-bond donors (Lipinski definition) is 1. The van der Waals surface area contributed by atoms with Gasteiger partial charge in [0, 0.05) is 0 Å². The van der Waals surface area contributed by atoms with Crippen molar-refractivity contribution in [2.24, 2.45) is 0 Å². The zero-order chi connectivity index (χ0) is 17.4. The summed E-state index contributed by atoms with van der Waals surface area (Å²) in [5.41, 5.74) is 1.07. The highest BCUT2D eigenvalue weighted by Gasteiger charge is 2.11. The number of para-hydroxylation sites is 3. The highest BCUT2D eigenvalue weighted by atomic mass is 16.5. The van der Waals surface area contributed by atoms with Crippen molar-refractivity contribution in [1.29, 1.82) is 0 Å². The zero-order valence-electron chi connectivity index (χ0n) is 14.2. The van der Waals surface area contributed by atoms with Gasteiger partial charge in [0.2, 0.25) is 0 Å². The molecule has 1 amide bonds. The van der Waals surface area contributed by atoms with E-state index in [2.05, 4.69) is 5.32 Å². The van der Waals surface area contributed by atoms with Crippen LogP contribution in [0.3, 0.4) is 0 Å². The Morgan fingerprint density at radius 2 is 1.62 bits per heavy atom. The van der Waals surface area contributed by atoms with E-state index in [-0.39, 0.29) is 18.6 Å². The van der Waals surface area contributed by atoms with Gasteiger partial charge in [-0.1, -0.05) is 30.3 Å². The lowest BCUT2D eigenvalue weighted by molar-refractivity contribution is -0.123. The Labute approximate surface area is 142 Å². The van der Waals surface area contributed by atoms with E-state index in [9.17, 15) is 4.79 Å². The monoisotopic (exact) mass is 329 g/mol. The number of hydrogen-bond acceptors (Lipinski definition) is 4. The van der Waals surface area contributed by atoms with E-state index in [0.717, 1.165) is 11.3 Å². The summed E-state index contributed by atoms with van der Waals surface area (Å²) in [7, 11) is 1.56. The van der Waals surface area contributed by atoms with Crippen LogP contribution in [0.2, 0.25) is 0 Å². The van der Waals surface area contributed by atoms with E-state index in [1.807, 2.05) is 50.2 Å². The highest BCUT2D eigenvalue weighted by molar-refractivity contribution is 5.77. The fraction of sp³-hybridized carbons (Fsp3) is 0.316. The van der Waals surface area contributed by atoms with Gasteiger partial charge < -0.3 is 19.5 Å². The van der Waals surface area contributed by atoms with Crippen molar-refractivity contribution < 1.29 is 19.0 Å². The van der Waals surface area contributed by atoms with Crippen molar-refractivity contribution >= 4 is 5.91 Å². The minimum atomic E-state index is -0.207. The number of ether oxygens (including phenoxy) is 3. The number of benzene rings is 2. The van der Waals surface area contributed by atoms with Crippen LogP contribution in [0.4, 0.5) is 0 Å². The third-order valence-electron chi connectivity index (χ3n) is 3.42. The molecule has 1 N–H and O–H groups in total. The summed E-state index contributed by atoms with van der Waals surface area (Å²) < 4.78 is 16.4. The van der Waals surface area contributed by atoms with Crippen LogP contribution in [0.25, 0.3) is 0 Å². The third kappa shape index (κ3) is 5.19. The number of carbonyl (C=O) groups is 1. The summed E-state index contributed by atoms with van der Waals surface area (Å²) in [5.74, 6) is 1.76. The quantitative estimate of drug-likeness (QED) is 0.809. The van der Waals surface area contributed by atoms with E-state index in [0.29, 0.717) is 18.1 Å². The molecule has 2 aromatic carbocycles. The first-order chi connectivity index (χ1) is 11.6. The van der Waals surface area contributed by atoms with Crippen LogP contribution in [0, 0.1) is 6.92 Å². The van der Waals surface area contributed by atoms with Crippen LogP contribution in [0.5, 0.6) is 17.2 Å². The predicted molar refractivity (Wildman–Crippen MR) is 92.8 cm³/mol. The second kappa shape index (κ2) is 8.82. The molecule has 0 bridgehead atoms. The Bertz CT molecular complexity index is 672. The fourth-order valence-electron chi connectivity index (χ4n) is 2.17. The summed E-state index contributed by atoms with van der Waals surface area (Å²) in [6, 6.07) is 14.9. The van der Waals surface area contributed by atoms with Crippen molar-refractivity contribution in [3.05, 3.63) is 54.1 Å². The molecule has 0 spiro atoms. The Morgan fingerprint density at radius 3 is 2.29 bits per heavy atom. The standard InChI is InChI=1S/C19H23NO4/c1-14-8-4-5-9-16(14)23-12-15(2)20-19(21)13-24-18-11-7-6-10-17(18)22-3/h4-11,15H,12-13H2,1-3H3,(H,20,21). The largest absolute Gasteiger partial charge is 0.493 e. The molecule has 0 fully saturated rings. The minimum Gasteiger partial charge on any atom is -0.493 e. The molecule has 0 radical (unpaired) electrons. The third-order valence-corrected chi connectivity index (χ3v) is 3.42. The Balaban J connectivity index is 1.76. The first-order valence-electron chi connectivity index (χ1n) is 7.83. The van der Waals surface area contributed by atoms with Crippen molar-refractivity contribution in [3.8, 4) is 17.2 Å². The zero-order valence-corrected chi connectivity index (χ0v) is 14.2. The number of methoxy groups -OCH3 is 1. The number of carbonyl (C=O) groups excluding carboxylic acids is 1. The summed E-state index contributed by atoms with van der Waals surface area (Å²) in [4.78, 5) is 12.0. The van der Waals surface area contributed by atoms with Gasteiger partial charge in [-0.05, 0) is 37.6 Å². The van der Waals surface area contributed by atoms with E-state index in [1.165, 1.54) is 0 Å². The van der Waals surface area contributed by atoms with Gasteiger partial charge in [-0.15, -0.1) is 0 Å². The number of nitrogens with one attached hydrogen (secondary N) is 1. The van der Waals surface area contributed by atoms with Gasteiger partial charge in [-0.3, -0.25) is 4.79 Å². The normalized spacial score (nSPS) is 11.5. The summed E-state index contributed by atoms with van der Waals surface area (Å²) >= 11 is 0. The van der Waals surface area contributed by atoms with Crippen molar-refractivity contribution in [3.63, 3.8) is 0 Å². The van der Waals surface area contributed by atoms with Gasteiger partial charge >= 0.3 is 0 Å². The molecule has 0 saturated carbocycles. The van der Waals surface area contributed by atoms with Crippen LogP contribution in [-0.2, 0) is 4.79 Å². The SMILES string of the molecule is COc1ccccc1OCC(=O)NC(C)COc1ccccc1C. The summed E-state index contributed by atoms with van der Waals surface area (Å²) in [6.45, 7) is 4.19. The number of amides is 1. The van der Waals surface area contributed by atoms with E-state index >= 15 is 0 Å². The van der Waals surface area contributed by atoms with Gasteiger partial charge in [0.15, 0.2) is 18.1 Å². The van der Waals surface area contributed by atoms with Gasteiger partial charge in [-0.2, -0.15) is 0 Å². The second-order valence-corrected chi connectivity index (χ2v) is 5.48. The number of rotatable bonds is 8. The lowest BCUT2D eigenvalue weighted by Crippen LogP contribution is -2.39. The maximum Gasteiger partial charge on any atom is 0.258 e. The molecule has 1 atom stereocenters. The fourth-order valence-corrected chi connectivity index (χ4v) is 2.17. The molecule has 2 rings (SSSR count). The molecule has 0 heterocycles. The molecule has 0 aliphatic heterocycles. The topological polar surface area (TPSA) is 56.8 Å². The maximum atomic E-state index is 12.0. The Kier molecular flexibility index (Phi) is 6.49. The van der Waals surface area contributed by atoms with Gasteiger partial charge in [0.25, 0.3) is 5.91 Å². The molecule has 5 nitrogen and oxygen atoms in total. The Hall–Kier alpha value is -2.69. The van der Waals surface area contributed by atoms with Crippen LogP contribution >= 0.6 is 0 Å². The molecule has 2 aromatic rings. The summed E-state index contributed by atoms with van der Waals surface area (Å²) in [5, 5.41) is 2.85. The van der Waals surface area contributed by atoms with Gasteiger partial charge in [-0.25, -0.2) is 0 Å². The lowest BCUT2D eigenvalue weighted by atomic mass is 10.2. The van der Waals surface area contributed by atoms with Crippen molar-refractivity contribution in [2.45, 2.75) is 19.9 Å². The smallest absolute Gasteiger partial charge is 0.258 e. The van der Waals surface area contributed by atoms with Crippen molar-refractivity contribution in [1.82, 2.24) is 5.32 Å². The molecule has 0 saturated heterocycles. The second-order valence-electron chi connectivity index (χ2n) is 5.48. The Morgan fingerprint density at radius 1 is 1.00 bits per heavy atom. The first kappa shape index (κ1) is 17.7. The predicted octanol–water partition coefficient (Wildman–Crippen LogP) is 2.97. The number of aryl methyl sites for hydroxylation is 1. The van der Waals surface area contributed by atoms with Crippen LogP contribution in [0.1, 0.15) is 12.5 Å². The molecular formula is C19H23NO4. The minimum absolute atomic E-state index is 0.0743. The molecule has 0 aromatic heterocycles. The maximum absolute atomic E-state index is 12.0. The van der Waals surface area contributed by atoms with E-state index < -0.39 is 0 Å². The molecular weight excluding hydrogens is 306 g/mol. The average molecular weight is 329 g/mol. The molecule has 24 heavy (non-hydrogen) atoms. The summed E-state index contributed by atoms with van der Waals surface area (Å²) in [6.07, 6.45) is 0. The molecule has 128 valence electrons. The highest BCUT2D eigenvalue weighted by Crippen LogP contribution is 2.25. The first-order valence-corrected chi connectivity index (χ1v) is 7.83. The average Bonchev–Trinajstić information content (AvgIpc) is 2.59. The van der Waals surface area contributed by atoms with Crippen molar-refractivity contribution in [2.75, 3.05) is 20.3 Å². The molecule has 0 aliphatic carbocycles. The van der Waals surface area contributed by atoms with Gasteiger partial charge in [0.05, 0.1) is 13.2 Å². The van der Waals surface area contributed by atoms with Crippen LogP contribution < -0.4 is 19.5 Å². The molecule has 5 heteroatoms. The van der Waals surface area contributed by atoms with Crippen LogP contribution in [-0.4, -0.2) is 32.3 Å². The van der Waals surface area contributed by atoms with Crippen LogP contribution in [0.15, 0.2) is 48.5 Å².